The fraction of sp³-hybridized carbons (Fsp3) is 0.692. The van der Waals surface area contributed by atoms with Crippen LogP contribution in [0, 0.1) is 0 Å². The van der Waals surface area contributed by atoms with Crippen molar-refractivity contribution in [3.63, 3.8) is 0 Å². The highest BCUT2D eigenvalue weighted by Gasteiger charge is 2.15. The molecule has 1 aromatic rings. The van der Waals surface area contributed by atoms with Crippen LogP contribution in [0.3, 0.4) is 0 Å². The van der Waals surface area contributed by atoms with Crippen molar-refractivity contribution >= 4 is 5.95 Å². The monoisotopic (exact) mass is 236 g/mol. The van der Waals surface area contributed by atoms with Crippen molar-refractivity contribution in [1.29, 1.82) is 0 Å². The molecule has 0 aliphatic heterocycles. The Bertz CT molecular complexity index is 338. The van der Waals surface area contributed by atoms with Crippen LogP contribution in [0.2, 0.25) is 0 Å². The van der Waals surface area contributed by atoms with E-state index >= 15 is 0 Å². The normalized spacial score (nSPS) is 14.4. The van der Waals surface area contributed by atoms with Gasteiger partial charge in [-0.25, -0.2) is 9.97 Å². The smallest absolute Gasteiger partial charge is 0.224 e. The van der Waals surface area contributed by atoms with Crippen LogP contribution in [0.1, 0.15) is 38.8 Å². The standard InChI is InChI=1S/C13H24N4/c1-6-8-14-11(3)10(2)12-7-9-15-13(16-12)17(4)5/h7,9-11,14H,6,8H2,1-5H3. The molecule has 0 spiro atoms. The summed E-state index contributed by atoms with van der Waals surface area (Å²) in [6.07, 6.45) is 2.99. The lowest BCUT2D eigenvalue weighted by molar-refractivity contribution is 0.474. The van der Waals surface area contributed by atoms with Crippen molar-refractivity contribution in [2.45, 2.75) is 39.2 Å². The molecule has 2 unspecified atom stereocenters. The van der Waals surface area contributed by atoms with Gasteiger partial charge in [-0.3, -0.25) is 0 Å². The maximum absolute atomic E-state index is 4.58. The minimum absolute atomic E-state index is 0.392. The number of hydrogen-bond acceptors (Lipinski definition) is 4. The van der Waals surface area contributed by atoms with E-state index < -0.39 is 0 Å². The van der Waals surface area contributed by atoms with Crippen LogP contribution in [-0.4, -0.2) is 36.6 Å². The van der Waals surface area contributed by atoms with Crippen molar-refractivity contribution in [1.82, 2.24) is 15.3 Å². The van der Waals surface area contributed by atoms with E-state index in [9.17, 15) is 0 Å². The molecule has 1 N–H and O–H groups in total. The van der Waals surface area contributed by atoms with Gasteiger partial charge in [0.15, 0.2) is 0 Å². The van der Waals surface area contributed by atoms with Crippen LogP contribution in [0.5, 0.6) is 0 Å². The maximum Gasteiger partial charge on any atom is 0.224 e. The van der Waals surface area contributed by atoms with Gasteiger partial charge in [0.1, 0.15) is 0 Å². The van der Waals surface area contributed by atoms with Gasteiger partial charge in [-0.1, -0.05) is 13.8 Å². The summed E-state index contributed by atoms with van der Waals surface area (Å²) in [6.45, 7) is 7.64. The third-order valence-corrected chi connectivity index (χ3v) is 3.00. The van der Waals surface area contributed by atoms with Gasteiger partial charge in [0.25, 0.3) is 0 Å². The van der Waals surface area contributed by atoms with Crippen LogP contribution >= 0.6 is 0 Å². The molecule has 0 bridgehead atoms. The molecule has 1 heterocycles. The van der Waals surface area contributed by atoms with Gasteiger partial charge in [-0.2, -0.15) is 0 Å². The van der Waals surface area contributed by atoms with Crippen molar-refractivity contribution in [2.75, 3.05) is 25.5 Å². The third-order valence-electron chi connectivity index (χ3n) is 3.00. The van der Waals surface area contributed by atoms with Gasteiger partial charge in [-0.15, -0.1) is 0 Å². The number of nitrogens with zero attached hydrogens (tertiary/aromatic N) is 3. The Balaban J connectivity index is 2.74. The summed E-state index contributed by atoms with van der Waals surface area (Å²) in [5.74, 6) is 1.17. The molecule has 0 saturated heterocycles. The summed E-state index contributed by atoms with van der Waals surface area (Å²) in [5, 5.41) is 3.51. The highest BCUT2D eigenvalue weighted by atomic mass is 15.2. The van der Waals surface area contributed by atoms with Gasteiger partial charge < -0.3 is 10.2 Å². The Hall–Kier alpha value is -1.16. The molecule has 0 radical (unpaired) electrons. The van der Waals surface area contributed by atoms with Crippen LogP contribution in [0.4, 0.5) is 5.95 Å². The highest BCUT2D eigenvalue weighted by molar-refractivity contribution is 5.28. The number of aromatic nitrogens is 2. The maximum atomic E-state index is 4.58. The second-order valence-electron chi connectivity index (χ2n) is 4.71. The first kappa shape index (κ1) is 13.9. The van der Waals surface area contributed by atoms with E-state index in [1.807, 2.05) is 31.3 Å². The number of rotatable bonds is 6. The van der Waals surface area contributed by atoms with Gasteiger partial charge in [0, 0.05) is 32.3 Å². The minimum atomic E-state index is 0.392. The van der Waals surface area contributed by atoms with Crippen molar-refractivity contribution in [3.05, 3.63) is 18.0 Å². The molecule has 0 aliphatic carbocycles. The van der Waals surface area contributed by atoms with Crippen molar-refractivity contribution in [2.24, 2.45) is 0 Å². The molecule has 0 aliphatic rings. The second kappa shape index (κ2) is 6.55. The van der Waals surface area contributed by atoms with E-state index in [0.29, 0.717) is 12.0 Å². The highest BCUT2D eigenvalue weighted by Crippen LogP contribution is 2.18. The van der Waals surface area contributed by atoms with Gasteiger partial charge in [0.05, 0.1) is 5.69 Å². The molecular formula is C13H24N4. The third kappa shape index (κ3) is 3.97. The first-order chi connectivity index (χ1) is 8.06. The Morgan fingerprint density at radius 2 is 2.06 bits per heavy atom. The van der Waals surface area contributed by atoms with Crippen LogP contribution in [-0.2, 0) is 0 Å². The van der Waals surface area contributed by atoms with E-state index in [1.54, 1.807) is 0 Å². The summed E-state index contributed by atoms with van der Waals surface area (Å²) in [6, 6.07) is 2.43. The molecule has 1 rings (SSSR count). The summed E-state index contributed by atoms with van der Waals surface area (Å²) in [4.78, 5) is 10.7. The summed E-state index contributed by atoms with van der Waals surface area (Å²) in [5.41, 5.74) is 1.10. The second-order valence-corrected chi connectivity index (χ2v) is 4.71. The summed E-state index contributed by atoms with van der Waals surface area (Å²) >= 11 is 0. The molecule has 4 heteroatoms. The largest absolute Gasteiger partial charge is 0.347 e. The van der Waals surface area contributed by atoms with Crippen molar-refractivity contribution < 1.29 is 0 Å². The molecule has 0 fully saturated rings. The quantitative estimate of drug-likeness (QED) is 0.820. The van der Waals surface area contributed by atoms with E-state index in [1.165, 1.54) is 0 Å². The van der Waals surface area contributed by atoms with Crippen LogP contribution < -0.4 is 10.2 Å². The van der Waals surface area contributed by atoms with E-state index in [-0.39, 0.29) is 0 Å². The van der Waals surface area contributed by atoms with Gasteiger partial charge >= 0.3 is 0 Å². The molecule has 96 valence electrons. The van der Waals surface area contributed by atoms with Gasteiger partial charge in [0.2, 0.25) is 5.95 Å². The summed E-state index contributed by atoms with van der Waals surface area (Å²) < 4.78 is 0. The van der Waals surface area contributed by atoms with E-state index in [4.69, 9.17) is 0 Å². The predicted octanol–water partition coefficient (Wildman–Crippen LogP) is 2.03. The van der Waals surface area contributed by atoms with E-state index in [0.717, 1.165) is 24.6 Å². The molecule has 17 heavy (non-hydrogen) atoms. The fourth-order valence-electron chi connectivity index (χ4n) is 1.64. The number of anilines is 1. The Morgan fingerprint density at radius 1 is 1.35 bits per heavy atom. The molecule has 1 aromatic heterocycles. The lowest BCUT2D eigenvalue weighted by Crippen LogP contribution is -2.32. The SMILES string of the molecule is CCCNC(C)C(C)c1ccnc(N(C)C)n1. The fourth-order valence-corrected chi connectivity index (χ4v) is 1.64. The average molecular weight is 236 g/mol. The molecule has 0 amide bonds. The molecule has 4 nitrogen and oxygen atoms in total. The Kier molecular flexibility index (Phi) is 5.35. The topological polar surface area (TPSA) is 41.1 Å². The first-order valence-corrected chi connectivity index (χ1v) is 6.30. The summed E-state index contributed by atoms with van der Waals surface area (Å²) in [7, 11) is 3.92. The lowest BCUT2D eigenvalue weighted by atomic mass is 9.99. The molecule has 2 atom stereocenters. The zero-order valence-electron chi connectivity index (χ0n) is 11.6. The van der Waals surface area contributed by atoms with Crippen LogP contribution in [0.15, 0.2) is 12.3 Å². The first-order valence-electron chi connectivity index (χ1n) is 6.30. The number of hydrogen-bond donors (Lipinski definition) is 1. The lowest BCUT2D eigenvalue weighted by Gasteiger charge is -2.21. The van der Waals surface area contributed by atoms with Gasteiger partial charge in [-0.05, 0) is 26.0 Å². The molecular weight excluding hydrogens is 212 g/mol. The number of nitrogens with one attached hydrogen (secondary N) is 1. The predicted molar refractivity (Wildman–Crippen MR) is 72.5 cm³/mol. The minimum Gasteiger partial charge on any atom is -0.347 e. The average Bonchev–Trinajstić information content (AvgIpc) is 2.35. The molecule has 0 saturated carbocycles. The van der Waals surface area contributed by atoms with E-state index in [2.05, 4.69) is 36.1 Å². The van der Waals surface area contributed by atoms with Crippen molar-refractivity contribution in [3.8, 4) is 0 Å². The Morgan fingerprint density at radius 3 is 2.65 bits per heavy atom. The zero-order chi connectivity index (χ0) is 12.8. The molecule has 0 aromatic carbocycles. The van der Waals surface area contributed by atoms with Crippen LogP contribution in [0.25, 0.3) is 0 Å². The zero-order valence-corrected chi connectivity index (χ0v) is 11.6. The Labute approximate surface area is 104 Å².